The second kappa shape index (κ2) is 6.75. The number of carbonyl (C=O) groups excluding carboxylic acids is 2. The van der Waals surface area contributed by atoms with E-state index >= 15 is 0 Å². The molecule has 0 atom stereocenters. The van der Waals surface area contributed by atoms with Crippen LogP contribution in [0, 0.1) is 0 Å². The quantitative estimate of drug-likeness (QED) is 0.735. The van der Waals surface area contributed by atoms with Gasteiger partial charge in [-0.3, -0.25) is 14.9 Å². The summed E-state index contributed by atoms with van der Waals surface area (Å²) < 4.78 is 12.5. The van der Waals surface area contributed by atoms with Gasteiger partial charge in [0.25, 0.3) is 11.1 Å². The van der Waals surface area contributed by atoms with E-state index in [2.05, 4.69) is 26.1 Å². The number of benzene rings is 1. The van der Waals surface area contributed by atoms with Crippen molar-refractivity contribution >= 4 is 50.6 Å². The summed E-state index contributed by atoms with van der Waals surface area (Å²) in [7, 11) is 0. The van der Waals surface area contributed by atoms with E-state index in [4.69, 9.17) is 9.47 Å². The van der Waals surface area contributed by atoms with Crippen molar-refractivity contribution in [2.75, 3.05) is 31.2 Å². The zero-order valence-corrected chi connectivity index (χ0v) is 15.8. The maximum absolute atomic E-state index is 11.6. The summed E-state index contributed by atoms with van der Waals surface area (Å²) in [5, 5.41) is 1.93. The number of imide groups is 1. The van der Waals surface area contributed by atoms with Crippen molar-refractivity contribution in [3.63, 3.8) is 0 Å². The molecule has 1 aromatic carbocycles. The molecular weight excluding hydrogens is 408 g/mol. The van der Waals surface area contributed by atoms with Crippen molar-refractivity contribution in [2.45, 2.75) is 18.6 Å². The van der Waals surface area contributed by atoms with E-state index in [1.165, 1.54) is 0 Å². The Bertz CT molecular complexity index is 751. The lowest BCUT2D eigenvalue weighted by Gasteiger charge is -2.39. The molecule has 3 saturated heterocycles. The standard InChI is InChI=1S/C17H17BrN2O4S/c18-12-9-11(10-14-15(21)19-16(22)25-14)1-2-13(12)20-5-3-17(4-6-20)23-7-8-24-17/h1-2,9-10H,3-8H2,(H,19,21,22)/b14-10-. The fourth-order valence-corrected chi connectivity index (χ4v) is 4.65. The monoisotopic (exact) mass is 424 g/mol. The maximum Gasteiger partial charge on any atom is 0.290 e. The Labute approximate surface area is 158 Å². The number of rotatable bonds is 2. The molecule has 0 bridgehead atoms. The van der Waals surface area contributed by atoms with Crippen molar-refractivity contribution in [2.24, 2.45) is 0 Å². The first-order valence-electron chi connectivity index (χ1n) is 8.12. The molecule has 25 heavy (non-hydrogen) atoms. The van der Waals surface area contributed by atoms with Crippen LogP contribution in [0.4, 0.5) is 10.5 Å². The van der Waals surface area contributed by atoms with Crippen LogP contribution in [0.5, 0.6) is 0 Å². The second-order valence-electron chi connectivity index (χ2n) is 6.16. The van der Waals surface area contributed by atoms with E-state index in [1.807, 2.05) is 18.2 Å². The fourth-order valence-electron chi connectivity index (χ4n) is 3.32. The molecule has 4 rings (SSSR count). The number of hydrogen-bond donors (Lipinski definition) is 1. The summed E-state index contributed by atoms with van der Waals surface area (Å²) >= 11 is 4.55. The molecule has 3 aliphatic rings. The van der Waals surface area contributed by atoms with Gasteiger partial charge in [-0.25, -0.2) is 0 Å². The minimum atomic E-state index is -0.382. The van der Waals surface area contributed by atoms with Gasteiger partial charge in [0.05, 0.1) is 23.8 Å². The summed E-state index contributed by atoms with van der Waals surface area (Å²) in [4.78, 5) is 25.6. The third-order valence-electron chi connectivity index (χ3n) is 4.59. The molecule has 8 heteroatoms. The number of amides is 2. The summed E-state index contributed by atoms with van der Waals surface area (Å²) in [6.07, 6.45) is 3.43. The van der Waals surface area contributed by atoms with Crippen molar-refractivity contribution in [1.82, 2.24) is 5.32 Å². The largest absolute Gasteiger partial charge is 0.370 e. The highest BCUT2D eigenvalue weighted by molar-refractivity contribution is 9.10. The van der Waals surface area contributed by atoms with Crippen molar-refractivity contribution in [3.8, 4) is 0 Å². The molecule has 0 aliphatic carbocycles. The zero-order valence-electron chi connectivity index (χ0n) is 13.4. The number of halogens is 1. The number of piperidine rings is 1. The predicted octanol–water partition coefficient (Wildman–Crippen LogP) is 3.12. The third-order valence-corrected chi connectivity index (χ3v) is 6.04. The topological polar surface area (TPSA) is 67.9 Å². The first kappa shape index (κ1) is 17.1. The molecular formula is C17H17BrN2O4S. The maximum atomic E-state index is 11.6. The SMILES string of the molecule is O=C1NC(=O)/C(=C/c2ccc(N3CCC4(CC3)OCCO4)c(Br)c2)S1. The van der Waals surface area contributed by atoms with E-state index < -0.39 is 0 Å². The summed E-state index contributed by atoms with van der Waals surface area (Å²) in [6, 6.07) is 5.95. The average Bonchev–Trinajstić information content (AvgIpc) is 3.16. The van der Waals surface area contributed by atoms with E-state index in [1.54, 1.807) is 6.08 Å². The van der Waals surface area contributed by atoms with Gasteiger partial charge in [0, 0.05) is 30.4 Å². The van der Waals surface area contributed by atoms with Crippen LogP contribution in [0.25, 0.3) is 6.08 Å². The van der Waals surface area contributed by atoms with Crippen LogP contribution in [0.3, 0.4) is 0 Å². The lowest BCUT2D eigenvalue weighted by molar-refractivity contribution is -0.169. The summed E-state index contributed by atoms with van der Waals surface area (Å²) in [6.45, 7) is 3.10. The number of thioether (sulfide) groups is 1. The average molecular weight is 425 g/mol. The molecule has 1 N–H and O–H groups in total. The molecule has 0 unspecified atom stereocenters. The summed E-state index contributed by atoms with van der Waals surface area (Å²) in [5.74, 6) is -0.722. The Morgan fingerprint density at radius 3 is 2.52 bits per heavy atom. The molecule has 2 amide bonds. The van der Waals surface area contributed by atoms with Gasteiger partial charge >= 0.3 is 0 Å². The van der Waals surface area contributed by atoms with Gasteiger partial charge in [-0.05, 0) is 51.5 Å². The number of hydrogen-bond acceptors (Lipinski definition) is 6. The molecule has 1 aromatic rings. The number of carbonyl (C=O) groups is 2. The van der Waals surface area contributed by atoms with Crippen LogP contribution in [-0.4, -0.2) is 43.2 Å². The van der Waals surface area contributed by atoms with Gasteiger partial charge in [-0.1, -0.05) is 6.07 Å². The Hall–Kier alpha value is -1.35. The zero-order chi connectivity index (χ0) is 17.4. The van der Waals surface area contributed by atoms with Gasteiger partial charge in [-0.15, -0.1) is 0 Å². The number of nitrogens with one attached hydrogen (secondary N) is 1. The molecule has 3 aliphatic heterocycles. The molecule has 6 nitrogen and oxygen atoms in total. The van der Waals surface area contributed by atoms with Crippen LogP contribution in [0.1, 0.15) is 18.4 Å². The van der Waals surface area contributed by atoms with Crippen LogP contribution < -0.4 is 10.2 Å². The Morgan fingerprint density at radius 2 is 1.92 bits per heavy atom. The van der Waals surface area contributed by atoms with E-state index in [9.17, 15) is 9.59 Å². The first-order chi connectivity index (χ1) is 12.0. The minimum absolute atomic E-state index is 0.328. The van der Waals surface area contributed by atoms with Crippen LogP contribution >= 0.6 is 27.7 Å². The molecule has 0 saturated carbocycles. The smallest absolute Gasteiger partial charge is 0.290 e. The van der Waals surface area contributed by atoms with Gasteiger partial charge in [0.2, 0.25) is 0 Å². The lowest BCUT2D eigenvalue weighted by atomic mass is 10.0. The van der Waals surface area contributed by atoms with Crippen LogP contribution in [-0.2, 0) is 14.3 Å². The van der Waals surface area contributed by atoms with Crippen LogP contribution in [0.15, 0.2) is 27.6 Å². The highest BCUT2D eigenvalue weighted by atomic mass is 79.9. The Balaban J connectivity index is 1.48. The van der Waals surface area contributed by atoms with E-state index in [0.717, 1.165) is 53.4 Å². The molecule has 3 fully saturated rings. The predicted molar refractivity (Wildman–Crippen MR) is 99.3 cm³/mol. The van der Waals surface area contributed by atoms with Gasteiger partial charge in [-0.2, -0.15) is 0 Å². The highest BCUT2D eigenvalue weighted by Crippen LogP contribution is 2.36. The number of nitrogens with zero attached hydrogens (tertiary/aromatic N) is 1. The molecule has 0 radical (unpaired) electrons. The number of ether oxygens (including phenoxy) is 2. The van der Waals surface area contributed by atoms with Gasteiger partial charge < -0.3 is 14.4 Å². The third kappa shape index (κ3) is 3.48. The second-order valence-corrected chi connectivity index (χ2v) is 8.03. The van der Waals surface area contributed by atoms with Crippen molar-refractivity contribution in [3.05, 3.63) is 33.1 Å². The Kier molecular flexibility index (Phi) is 4.61. The molecule has 132 valence electrons. The molecule has 0 aromatic heterocycles. The summed E-state index contributed by atoms with van der Waals surface area (Å²) in [5.41, 5.74) is 1.98. The minimum Gasteiger partial charge on any atom is -0.370 e. The molecule has 3 heterocycles. The van der Waals surface area contributed by atoms with Crippen molar-refractivity contribution < 1.29 is 19.1 Å². The lowest BCUT2D eigenvalue weighted by Crippen LogP contribution is -2.45. The molecule has 1 spiro atoms. The first-order valence-corrected chi connectivity index (χ1v) is 9.73. The normalized spacial score (nSPS) is 24.4. The fraction of sp³-hybridized carbons (Fsp3) is 0.412. The van der Waals surface area contributed by atoms with E-state index in [-0.39, 0.29) is 16.9 Å². The van der Waals surface area contributed by atoms with Crippen molar-refractivity contribution in [1.29, 1.82) is 0 Å². The van der Waals surface area contributed by atoms with Crippen LogP contribution in [0.2, 0.25) is 0 Å². The van der Waals surface area contributed by atoms with E-state index in [0.29, 0.717) is 18.1 Å². The number of anilines is 1. The highest BCUT2D eigenvalue weighted by Gasteiger charge is 2.40. The Morgan fingerprint density at radius 1 is 1.20 bits per heavy atom. The van der Waals surface area contributed by atoms with Gasteiger partial charge in [0.1, 0.15) is 0 Å². The van der Waals surface area contributed by atoms with Gasteiger partial charge in [0.15, 0.2) is 5.79 Å².